The van der Waals surface area contributed by atoms with Crippen LogP contribution in [-0.4, -0.2) is 83.5 Å². The van der Waals surface area contributed by atoms with Crippen LogP contribution < -0.4 is 0 Å². The summed E-state index contributed by atoms with van der Waals surface area (Å²) in [4.78, 5) is 34.0. The molecule has 28 heavy (non-hydrogen) atoms. The summed E-state index contributed by atoms with van der Waals surface area (Å²) in [6.07, 6.45) is 0.0730. The van der Waals surface area contributed by atoms with Gasteiger partial charge in [0, 0.05) is 57.2 Å². The number of likely N-dealkylation sites (tertiary alicyclic amines) is 1. The molecule has 6 nitrogen and oxygen atoms in total. The maximum Gasteiger partial charge on any atom is 0.393 e. The number of hydrogen-bond donors (Lipinski definition) is 0. The highest BCUT2D eigenvalue weighted by molar-refractivity contribution is 5.94. The minimum Gasteiger partial charge on any atom is -0.341 e. The van der Waals surface area contributed by atoms with Gasteiger partial charge in [0.05, 0.1) is 12.5 Å². The second kappa shape index (κ2) is 8.89. The SMILES string of the molecule is O=C(CN1CCCN(C(=O)c2ccncc2)CC1)N1CCCC(C(F)(F)F)C1. The van der Waals surface area contributed by atoms with Crippen LogP contribution in [0.15, 0.2) is 24.5 Å². The molecule has 9 heteroatoms. The van der Waals surface area contributed by atoms with Crippen molar-refractivity contribution in [3.05, 3.63) is 30.1 Å². The van der Waals surface area contributed by atoms with E-state index in [1.54, 1.807) is 29.4 Å². The zero-order valence-corrected chi connectivity index (χ0v) is 15.7. The molecule has 2 fully saturated rings. The van der Waals surface area contributed by atoms with Gasteiger partial charge >= 0.3 is 6.18 Å². The van der Waals surface area contributed by atoms with Gasteiger partial charge in [-0.3, -0.25) is 19.5 Å². The molecule has 2 aliphatic rings. The fraction of sp³-hybridized carbons (Fsp3) is 0.632. The summed E-state index contributed by atoms with van der Waals surface area (Å²) in [7, 11) is 0. The highest BCUT2D eigenvalue weighted by Gasteiger charge is 2.42. The molecular weight excluding hydrogens is 373 g/mol. The Balaban J connectivity index is 1.52. The van der Waals surface area contributed by atoms with Crippen molar-refractivity contribution >= 4 is 11.8 Å². The fourth-order valence-corrected chi connectivity index (χ4v) is 3.77. The Morgan fingerprint density at radius 2 is 1.71 bits per heavy atom. The van der Waals surface area contributed by atoms with Crippen molar-refractivity contribution < 1.29 is 22.8 Å². The number of rotatable bonds is 3. The molecule has 2 amide bonds. The molecule has 1 aromatic heterocycles. The lowest BCUT2D eigenvalue weighted by Crippen LogP contribution is -2.48. The van der Waals surface area contributed by atoms with Crippen molar-refractivity contribution in [2.75, 3.05) is 45.8 Å². The topological polar surface area (TPSA) is 56.8 Å². The number of piperidine rings is 1. The zero-order chi connectivity index (χ0) is 20.1. The van der Waals surface area contributed by atoms with Crippen LogP contribution in [0.4, 0.5) is 13.2 Å². The summed E-state index contributed by atoms with van der Waals surface area (Å²) in [6.45, 7) is 2.48. The highest BCUT2D eigenvalue weighted by Crippen LogP contribution is 2.33. The molecule has 1 aromatic rings. The number of carbonyl (C=O) groups is 2. The van der Waals surface area contributed by atoms with Gasteiger partial charge < -0.3 is 9.80 Å². The maximum absolute atomic E-state index is 13.0. The van der Waals surface area contributed by atoms with Crippen LogP contribution in [0.2, 0.25) is 0 Å². The number of alkyl halides is 3. The van der Waals surface area contributed by atoms with Crippen LogP contribution in [0.3, 0.4) is 0 Å². The molecule has 0 spiro atoms. The first-order valence-electron chi connectivity index (χ1n) is 9.61. The summed E-state index contributed by atoms with van der Waals surface area (Å²) in [5.74, 6) is -1.76. The summed E-state index contributed by atoms with van der Waals surface area (Å²) in [5, 5.41) is 0. The monoisotopic (exact) mass is 398 g/mol. The molecule has 3 heterocycles. The Morgan fingerprint density at radius 1 is 1.00 bits per heavy atom. The average Bonchev–Trinajstić information content (AvgIpc) is 2.93. The molecule has 1 atom stereocenters. The molecule has 0 saturated carbocycles. The predicted octanol–water partition coefficient (Wildman–Crippen LogP) is 2.03. The molecule has 1 unspecified atom stereocenters. The van der Waals surface area contributed by atoms with Crippen molar-refractivity contribution in [2.45, 2.75) is 25.4 Å². The van der Waals surface area contributed by atoms with Gasteiger partial charge in [-0.2, -0.15) is 13.2 Å². The summed E-state index contributed by atoms with van der Waals surface area (Å²) in [6, 6.07) is 3.34. The fourth-order valence-electron chi connectivity index (χ4n) is 3.77. The van der Waals surface area contributed by atoms with E-state index in [1.807, 2.05) is 4.90 Å². The van der Waals surface area contributed by atoms with Gasteiger partial charge in [0.2, 0.25) is 5.91 Å². The van der Waals surface area contributed by atoms with E-state index in [0.29, 0.717) is 44.7 Å². The zero-order valence-electron chi connectivity index (χ0n) is 15.7. The quantitative estimate of drug-likeness (QED) is 0.782. The second-order valence-corrected chi connectivity index (χ2v) is 7.38. The number of aromatic nitrogens is 1. The Kier molecular flexibility index (Phi) is 6.53. The van der Waals surface area contributed by atoms with Gasteiger partial charge in [-0.1, -0.05) is 0 Å². The van der Waals surface area contributed by atoms with Gasteiger partial charge in [0.15, 0.2) is 0 Å². The summed E-state index contributed by atoms with van der Waals surface area (Å²) < 4.78 is 38.9. The average molecular weight is 398 g/mol. The largest absolute Gasteiger partial charge is 0.393 e. The van der Waals surface area contributed by atoms with E-state index in [9.17, 15) is 22.8 Å². The van der Waals surface area contributed by atoms with Gasteiger partial charge in [-0.05, 0) is 31.4 Å². The number of halogens is 3. The third-order valence-corrected chi connectivity index (χ3v) is 5.40. The Hall–Kier alpha value is -2.16. The van der Waals surface area contributed by atoms with E-state index in [4.69, 9.17) is 0 Å². The first-order valence-corrected chi connectivity index (χ1v) is 9.61. The molecule has 0 bridgehead atoms. The lowest BCUT2D eigenvalue weighted by atomic mass is 9.97. The highest BCUT2D eigenvalue weighted by atomic mass is 19.4. The van der Waals surface area contributed by atoms with E-state index in [0.717, 1.165) is 6.42 Å². The normalized spacial score (nSPS) is 22.0. The number of amides is 2. The Morgan fingerprint density at radius 3 is 2.43 bits per heavy atom. The molecule has 3 rings (SSSR count). The Labute approximate surface area is 162 Å². The van der Waals surface area contributed by atoms with E-state index in [1.165, 1.54) is 4.90 Å². The van der Waals surface area contributed by atoms with Crippen molar-refractivity contribution in [1.82, 2.24) is 19.7 Å². The second-order valence-electron chi connectivity index (χ2n) is 7.38. The van der Waals surface area contributed by atoms with E-state index in [-0.39, 0.29) is 31.3 Å². The van der Waals surface area contributed by atoms with Crippen LogP contribution in [-0.2, 0) is 4.79 Å². The maximum atomic E-state index is 13.0. The molecule has 2 aliphatic heterocycles. The minimum atomic E-state index is -4.25. The number of carbonyl (C=O) groups excluding carboxylic acids is 2. The lowest BCUT2D eigenvalue weighted by Gasteiger charge is -2.35. The van der Waals surface area contributed by atoms with Crippen LogP contribution in [0, 0.1) is 5.92 Å². The standard InChI is InChI=1S/C19H25F3N4O2/c20-19(21,22)16-3-1-9-26(13-16)17(27)14-24-8-2-10-25(12-11-24)18(28)15-4-6-23-7-5-15/h4-7,16H,1-3,8-14H2. The van der Waals surface area contributed by atoms with Crippen LogP contribution in [0.1, 0.15) is 29.6 Å². The number of hydrogen-bond acceptors (Lipinski definition) is 4. The van der Waals surface area contributed by atoms with Crippen LogP contribution >= 0.6 is 0 Å². The molecule has 0 aliphatic carbocycles. The van der Waals surface area contributed by atoms with Gasteiger partial charge in [-0.25, -0.2) is 0 Å². The summed E-state index contributed by atoms with van der Waals surface area (Å²) in [5.41, 5.74) is 0.575. The van der Waals surface area contributed by atoms with E-state index < -0.39 is 12.1 Å². The predicted molar refractivity (Wildman–Crippen MR) is 96.6 cm³/mol. The molecule has 154 valence electrons. The van der Waals surface area contributed by atoms with Gasteiger partial charge in [0.1, 0.15) is 0 Å². The lowest BCUT2D eigenvalue weighted by molar-refractivity contribution is -0.188. The Bertz CT molecular complexity index is 684. The van der Waals surface area contributed by atoms with Crippen molar-refractivity contribution in [1.29, 1.82) is 0 Å². The molecule has 0 aromatic carbocycles. The smallest absolute Gasteiger partial charge is 0.341 e. The van der Waals surface area contributed by atoms with Crippen LogP contribution in [0.5, 0.6) is 0 Å². The molecule has 0 N–H and O–H groups in total. The summed E-state index contributed by atoms with van der Waals surface area (Å²) >= 11 is 0. The molecular formula is C19H25F3N4O2. The number of nitrogens with zero attached hydrogens (tertiary/aromatic N) is 4. The van der Waals surface area contributed by atoms with Crippen molar-refractivity contribution in [3.8, 4) is 0 Å². The molecule has 2 saturated heterocycles. The van der Waals surface area contributed by atoms with Crippen LogP contribution in [0.25, 0.3) is 0 Å². The van der Waals surface area contributed by atoms with Crippen molar-refractivity contribution in [2.24, 2.45) is 5.92 Å². The first-order chi connectivity index (χ1) is 13.3. The molecule has 0 radical (unpaired) electrons. The van der Waals surface area contributed by atoms with Gasteiger partial charge in [0.25, 0.3) is 5.91 Å². The first kappa shape index (κ1) is 20.6. The third kappa shape index (κ3) is 5.21. The van der Waals surface area contributed by atoms with E-state index in [2.05, 4.69) is 4.98 Å². The third-order valence-electron chi connectivity index (χ3n) is 5.40. The minimum absolute atomic E-state index is 0.0698. The van der Waals surface area contributed by atoms with E-state index >= 15 is 0 Å². The number of pyridine rings is 1. The van der Waals surface area contributed by atoms with Crippen molar-refractivity contribution in [3.63, 3.8) is 0 Å². The van der Waals surface area contributed by atoms with Gasteiger partial charge in [-0.15, -0.1) is 0 Å².